The molecule has 0 aromatic heterocycles. The zero-order chi connectivity index (χ0) is 36.4. The van der Waals surface area contributed by atoms with Gasteiger partial charge in [-0.25, -0.2) is 0 Å². The first-order valence-corrected chi connectivity index (χ1v) is 20.7. The molecule has 4 fully saturated rings. The lowest BCUT2D eigenvalue weighted by Gasteiger charge is -2.45. The van der Waals surface area contributed by atoms with Gasteiger partial charge in [-0.2, -0.15) is 0 Å². The maximum Gasteiger partial charge on any atom is 0.0502 e. The van der Waals surface area contributed by atoms with Gasteiger partial charge >= 0.3 is 0 Å². The molecule has 6 aliphatic carbocycles. The van der Waals surface area contributed by atoms with Gasteiger partial charge in [-0.15, -0.1) is 0 Å². The van der Waals surface area contributed by atoms with Gasteiger partial charge in [0.15, 0.2) is 0 Å². The topological polar surface area (TPSA) is 3.24 Å². The van der Waals surface area contributed by atoms with E-state index in [-0.39, 0.29) is 16.2 Å². The second-order valence-electron chi connectivity index (χ2n) is 18.8. The van der Waals surface area contributed by atoms with Crippen LogP contribution in [0.3, 0.4) is 0 Å². The van der Waals surface area contributed by atoms with E-state index in [1.165, 1.54) is 100 Å². The van der Waals surface area contributed by atoms with Crippen LogP contribution in [0, 0.1) is 23.7 Å². The Balaban J connectivity index is 1.09. The lowest BCUT2D eigenvalue weighted by molar-refractivity contribution is 0.191. The third-order valence-corrected chi connectivity index (χ3v) is 15.1. The van der Waals surface area contributed by atoms with Crippen molar-refractivity contribution in [1.29, 1.82) is 0 Å². The van der Waals surface area contributed by atoms with Gasteiger partial charge in [0, 0.05) is 16.8 Å². The van der Waals surface area contributed by atoms with Crippen LogP contribution in [0.2, 0.25) is 0 Å². The molecule has 5 unspecified atom stereocenters. The lowest BCUT2D eigenvalue weighted by atomic mass is 9.59. The van der Waals surface area contributed by atoms with E-state index in [0.29, 0.717) is 0 Å². The van der Waals surface area contributed by atoms with Crippen LogP contribution in [0.5, 0.6) is 0 Å². The molecular formula is C53H51N. The van der Waals surface area contributed by atoms with Gasteiger partial charge in [-0.05, 0) is 165 Å². The van der Waals surface area contributed by atoms with E-state index in [0.717, 1.165) is 23.7 Å². The van der Waals surface area contributed by atoms with E-state index in [9.17, 15) is 0 Å². The first-order valence-electron chi connectivity index (χ1n) is 20.7. The van der Waals surface area contributed by atoms with E-state index >= 15 is 0 Å². The van der Waals surface area contributed by atoms with Gasteiger partial charge < -0.3 is 4.90 Å². The second kappa shape index (κ2) is 11.6. The maximum absolute atomic E-state index is 2.67. The Bertz CT molecular complexity index is 2430. The molecule has 0 aliphatic heterocycles. The predicted molar refractivity (Wildman–Crippen MR) is 226 cm³/mol. The monoisotopic (exact) mass is 701 g/mol. The fourth-order valence-corrected chi connectivity index (χ4v) is 12.7. The van der Waals surface area contributed by atoms with Crippen molar-refractivity contribution in [1.82, 2.24) is 0 Å². The average Bonchev–Trinajstić information content (AvgIpc) is 3.74. The van der Waals surface area contributed by atoms with Crippen LogP contribution in [0.25, 0.3) is 33.4 Å². The van der Waals surface area contributed by atoms with Crippen molar-refractivity contribution in [2.75, 3.05) is 4.90 Å². The molecule has 6 aliphatic rings. The Morgan fingerprint density at radius 2 is 1.13 bits per heavy atom. The summed E-state index contributed by atoms with van der Waals surface area (Å²) in [6, 6.07) is 53.4. The normalized spacial score (nSPS) is 26.1. The van der Waals surface area contributed by atoms with Crippen LogP contribution in [0.4, 0.5) is 17.1 Å². The van der Waals surface area contributed by atoms with E-state index in [2.05, 4.69) is 172 Å². The third kappa shape index (κ3) is 4.57. The number of anilines is 3. The molecule has 4 bridgehead atoms. The van der Waals surface area contributed by atoms with Crippen molar-refractivity contribution >= 4 is 17.1 Å². The van der Waals surface area contributed by atoms with Crippen LogP contribution < -0.4 is 4.90 Å². The number of nitrogens with zero attached hydrogens (tertiary/aromatic N) is 1. The second-order valence-corrected chi connectivity index (χ2v) is 18.8. The molecule has 0 radical (unpaired) electrons. The molecule has 1 spiro atoms. The van der Waals surface area contributed by atoms with E-state index in [4.69, 9.17) is 0 Å². The number of hydrogen-bond donors (Lipinski definition) is 0. The highest BCUT2D eigenvalue weighted by Crippen LogP contribution is 2.73. The third-order valence-electron chi connectivity index (χ3n) is 15.1. The Morgan fingerprint density at radius 1 is 0.481 bits per heavy atom. The zero-order valence-corrected chi connectivity index (χ0v) is 32.3. The SMILES string of the molecule is CC1(C)CCC(C)(C)c2c(N(c3ccc(-c4cccc(-c5ccccc5)c4)cc3)c3ccc4c(c3)C3(c5ccccc5-4)C4CC5CC(C4)C3C5)cccc21. The molecule has 5 atom stereocenters. The van der Waals surface area contributed by atoms with Crippen molar-refractivity contribution in [3.05, 3.63) is 162 Å². The molecule has 1 nitrogen and oxygen atoms in total. The molecule has 0 saturated heterocycles. The van der Waals surface area contributed by atoms with Gasteiger partial charge in [0.2, 0.25) is 0 Å². The molecule has 54 heavy (non-hydrogen) atoms. The van der Waals surface area contributed by atoms with Crippen LogP contribution in [-0.4, -0.2) is 0 Å². The minimum atomic E-state index is 0.0646. The van der Waals surface area contributed by atoms with Crippen molar-refractivity contribution in [2.24, 2.45) is 23.7 Å². The summed E-state index contributed by atoms with van der Waals surface area (Å²) in [6.45, 7) is 9.86. The average molecular weight is 702 g/mol. The van der Waals surface area contributed by atoms with E-state index < -0.39 is 0 Å². The fourth-order valence-electron chi connectivity index (χ4n) is 12.7. The Kier molecular flexibility index (Phi) is 6.97. The molecule has 6 aromatic carbocycles. The molecular weight excluding hydrogens is 651 g/mol. The van der Waals surface area contributed by atoms with Crippen molar-refractivity contribution in [3.63, 3.8) is 0 Å². The summed E-state index contributed by atoms with van der Waals surface area (Å²) in [5.41, 5.74) is 18.4. The van der Waals surface area contributed by atoms with E-state index in [1.807, 2.05) is 0 Å². The van der Waals surface area contributed by atoms with E-state index in [1.54, 1.807) is 11.1 Å². The summed E-state index contributed by atoms with van der Waals surface area (Å²) in [5, 5.41) is 0. The maximum atomic E-state index is 2.67. The summed E-state index contributed by atoms with van der Waals surface area (Å²) in [6.07, 6.45) is 8.06. The molecule has 0 heterocycles. The summed E-state index contributed by atoms with van der Waals surface area (Å²) < 4.78 is 0. The molecule has 4 saturated carbocycles. The zero-order valence-electron chi connectivity index (χ0n) is 32.3. The molecule has 1 heteroatoms. The summed E-state index contributed by atoms with van der Waals surface area (Å²) >= 11 is 0. The Morgan fingerprint density at radius 3 is 1.93 bits per heavy atom. The van der Waals surface area contributed by atoms with Gasteiger partial charge in [0.05, 0.1) is 5.69 Å². The van der Waals surface area contributed by atoms with Crippen LogP contribution in [0.1, 0.15) is 88.5 Å². The van der Waals surface area contributed by atoms with Gasteiger partial charge in [-0.1, -0.05) is 131 Å². The summed E-state index contributed by atoms with van der Waals surface area (Å²) in [4.78, 5) is 2.63. The van der Waals surface area contributed by atoms with Crippen molar-refractivity contribution in [2.45, 2.75) is 82.5 Å². The predicted octanol–water partition coefficient (Wildman–Crippen LogP) is 14.2. The Hall–Kier alpha value is -4.88. The summed E-state index contributed by atoms with van der Waals surface area (Å²) in [7, 11) is 0. The Labute approximate surface area is 322 Å². The standard InChI is InChI=1S/C53H51N/c1-51(2)26-27-52(3,4)50-46(51)18-11-19-49(50)54(41-22-20-36(21-23-41)38-15-10-14-37(31-38)35-12-6-5-7-13-35)42-24-25-44-43-16-8-9-17-45(43)53(48(44)33-42)40-29-34-28-39(32-40)47(53)30-34/h5-25,31,33-34,39-40,47H,26-30,32H2,1-4H3. The fraction of sp³-hybridized carbons (Fsp3) is 0.321. The molecule has 12 rings (SSSR count). The van der Waals surface area contributed by atoms with Crippen LogP contribution in [-0.2, 0) is 16.2 Å². The largest absolute Gasteiger partial charge is 0.310 e. The minimum Gasteiger partial charge on any atom is -0.310 e. The number of rotatable bonds is 5. The van der Waals surface area contributed by atoms with Gasteiger partial charge in [0.1, 0.15) is 0 Å². The van der Waals surface area contributed by atoms with Crippen molar-refractivity contribution in [3.8, 4) is 33.4 Å². The van der Waals surface area contributed by atoms with Crippen LogP contribution >= 0.6 is 0 Å². The quantitative estimate of drug-likeness (QED) is 0.173. The number of hydrogen-bond acceptors (Lipinski definition) is 1. The highest BCUT2D eigenvalue weighted by atomic mass is 15.1. The highest BCUT2D eigenvalue weighted by molar-refractivity contribution is 5.88. The summed E-state index contributed by atoms with van der Waals surface area (Å²) in [5.74, 6) is 3.34. The van der Waals surface area contributed by atoms with Gasteiger partial charge in [-0.3, -0.25) is 0 Å². The minimum absolute atomic E-state index is 0.0646. The molecule has 0 N–H and O–H groups in total. The first-order chi connectivity index (χ1) is 26.2. The van der Waals surface area contributed by atoms with Crippen LogP contribution in [0.15, 0.2) is 140 Å². The molecule has 6 aromatic rings. The van der Waals surface area contributed by atoms with Gasteiger partial charge in [0.25, 0.3) is 0 Å². The van der Waals surface area contributed by atoms with Crippen molar-refractivity contribution < 1.29 is 0 Å². The first kappa shape index (κ1) is 32.5. The molecule has 268 valence electrons. The lowest BCUT2D eigenvalue weighted by Crippen LogP contribution is -2.40. The molecule has 0 amide bonds. The number of benzene rings is 6. The highest BCUT2D eigenvalue weighted by Gasteiger charge is 2.66. The number of fused-ring (bicyclic) bond motifs is 4. The smallest absolute Gasteiger partial charge is 0.0502 e.